The second-order valence-electron chi connectivity index (χ2n) is 7.25. The van der Waals surface area contributed by atoms with Crippen molar-refractivity contribution >= 4 is 23.7 Å². The smallest absolute Gasteiger partial charge is 0.231 e. The number of benzene rings is 2. The molecule has 0 aliphatic carbocycles. The fraction of sp³-hybridized carbons (Fsp3) is 0.192. The number of carbonyl (C=O) groups is 1. The molecule has 1 atom stereocenters. The molecule has 8 nitrogen and oxygen atoms in total. The summed E-state index contributed by atoms with van der Waals surface area (Å²) in [5.41, 5.74) is 2.46. The second kappa shape index (κ2) is 10.6. The first-order valence-corrected chi connectivity index (χ1v) is 10.3. The van der Waals surface area contributed by atoms with E-state index in [2.05, 4.69) is 6.58 Å². The minimum atomic E-state index is -0.903. The van der Waals surface area contributed by atoms with E-state index in [4.69, 9.17) is 34.2 Å². The van der Waals surface area contributed by atoms with Crippen molar-refractivity contribution in [2.45, 2.75) is 13.0 Å². The van der Waals surface area contributed by atoms with E-state index in [1.807, 2.05) is 0 Å². The zero-order chi connectivity index (χ0) is 24.8. The molecule has 3 aromatic rings. The summed E-state index contributed by atoms with van der Waals surface area (Å²) in [6.45, 7) is 5.24. The molecule has 0 aliphatic rings. The van der Waals surface area contributed by atoms with E-state index in [-0.39, 0.29) is 23.3 Å². The van der Waals surface area contributed by atoms with Gasteiger partial charge in [-0.1, -0.05) is 24.8 Å². The predicted molar refractivity (Wildman–Crippen MR) is 129 cm³/mol. The van der Waals surface area contributed by atoms with Crippen molar-refractivity contribution in [2.24, 2.45) is 0 Å². The van der Waals surface area contributed by atoms with Gasteiger partial charge in [-0.05, 0) is 42.0 Å². The van der Waals surface area contributed by atoms with E-state index in [9.17, 15) is 4.79 Å². The SMILES string of the molecule is C=Cc1c(OC)cc(-c2ccc(C(=O)C(OC)c3ccc(C(=N)OC(C)=N)cc3)o2)cc1OC. The number of methoxy groups -OCH3 is 3. The average molecular weight is 463 g/mol. The summed E-state index contributed by atoms with van der Waals surface area (Å²) in [6.07, 6.45) is 0.743. The van der Waals surface area contributed by atoms with E-state index in [0.29, 0.717) is 39.5 Å². The van der Waals surface area contributed by atoms with Crippen molar-refractivity contribution in [1.29, 1.82) is 10.8 Å². The van der Waals surface area contributed by atoms with E-state index in [1.165, 1.54) is 14.0 Å². The Bertz CT molecular complexity index is 1200. The van der Waals surface area contributed by atoms with Crippen molar-refractivity contribution in [3.63, 3.8) is 0 Å². The predicted octanol–water partition coefficient (Wildman–Crippen LogP) is 5.52. The fourth-order valence-corrected chi connectivity index (χ4v) is 3.45. The summed E-state index contributed by atoms with van der Waals surface area (Å²) in [5, 5.41) is 15.2. The molecule has 2 aromatic carbocycles. The Labute approximate surface area is 197 Å². The number of ketones is 1. The molecule has 2 N–H and O–H groups in total. The summed E-state index contributed by atoms with van der Waals surface area (Å²) < 4.78 is 27.2. The van der Waals surface area contributed by atoms with Gasteiger partial charge < -0.3 is 23.4 Å². The lowest BCUT2D eigenvalue weighted by molar-refractivity contribution is 0.0577. The van der Waals surface area contributed by atoms with Crippen LogP contribution in [0.25, 0.3) is 17.4 Å². The van der Waals surface area contributed by atoms with Gasteiger partial charge in [-0.25, -0.2) is 0 Å². The molecule has 0 fully saturated rings. The molecule has 1 heterocycles. The van der Waals surface area contributed by atoms with Crippen LogP contribution in [0.1, 0.15) is 40.3 Å². The number of nitrogens with one attached hydrogen (secondary N) is 2. The van der Waals surface area contributed by atoms with Gasteiger partial charge in [0.25, 0.3) is 0 Å². The van der Waals surface area contributed by atoms with Gasteiger partial charge >= 0.3 is 0 Å². The van der Waals surface area contributed by atoms with E-state index in [1.54, 1.807) is 68.8 Å². The first-order chi connectivity index (χ1) is 16.3. The highest BCUT2D eigenvalue weighted by Crippen LogP contribution is 2.37. The highest BCUT2D eigenvalue weighted by Gasteiger charge is 2.25. The molecule has 0 bridgehead atoms. The van der Waals surface area contributed by atoms with Crippen LogP contribution in [0.5, 0.6) is 11.5 Å². The Morgan fingerprint density at radius 1 is 1.00 bits per heavy atom. The number of rotatable bonds is 9. The maximum absolute atomic E-state index is 13.2. The van der Waals surface area contributed by atoms with Gasteiger partial charge in [-0.2, -0.15) is 0 Å². The summed E-state index contributed by atoms with van der Waals surface area (Å²) in [5.74, 6) is 1.14. The highest BCUT2D eigenvalue weighted by atomic mass is 16.5. The quantitative estimate of drug-likeness (QED) is 0.246. The molecule has 1 unspecified atom stereocenters. The van der Waals surface area contributed by atoms with Gasteiger partial charge in [0, 0.05) is 25.2 Å². The van der Waals surface area contributed by atoms with Crippen molar-refractivity contribution < 1.29 is 28.2 Å². The minimum absolute atomic E-state index is 0.0815. The van der Waals surface area contributed by atoms with Crippen molar-refractivity contribution in [3.8, 4) is 22.8 Å². The average Bonchev–Trinajstić information content (AvgIpc) is 3.34. The lowest BCUT2D eigenvalue weighted by atomic mass is 10.0. The minimum Gasteiger partial charge on any atom is -0.496 e. The van der Waals surface area contributed by atoms with Crippen molar-refractivity contribution in [3.05, 3.63) is 77.6 Å². The van der Waals surface area contributed by atoms with Gasteiger partial charge in [0.15, 0.2) is 11.7 Å². The van der Waals surface area contributed by atoms with E-state index < -0.39 is 6.10 Å². The maximum atomic E-state index is 13.2. The van der Waals surface area contributed by atoms with E-state index in [0.717, 1.165) is 0 Å². The highest BCUT2D eigenvalue weighted by molar-refractivity contribution is 6.00. The van der Waals surface area contributed by atoms with Crippen LogP contribution >= 0.6 is 0 Å². The molecule has 0 spiro atoms. The first kappa shape index (κ1) is 24.5. The van der Waals surface area contributed by atoms with Crippen LogP contribution in [0.2, 0.25) is 0 Å². The van der Waals surface area contributed by atoms with Crippen LogP contribution < -0.4 is 9.47 Å². The molecular formula is C26H26N2O6. The van der Waals surface area contributed by atoms with Crippen molar-refractivity contribution in [1.82, 2.24) is 0 Å². The maximum Gasteiger partial charge on any atom is 0.231 e. The van der Waals surface area contributed by atoms with Gasteiger partial charge in [0.2, 0.25) is 11.7 Å². The zero-order valence-corrected chi connectivity index (χ0v) is 19.4. The topological polar surface area (TPSA) is 115 Å². The molecule has 8 heteroatoms. The molecule has 1 aromatic heterocycles. The van der Waals surface area contributed by atoms with Crippen LogP contribution in [0, 0.1) is 10.8 Å². The number of furan rings is 1. The Balaban J connectivity index is 1.87. The summed E-state index contributed by atoms with van der Waals surface area (Å²) in [7, 11) is 4.54. The van der Waals surface area contributed by atoms with Crippen LogP contribution in [-0.2, 0) is 9.47 Å². The van der Waals surface area contributed by atoms with Crippen LogP contribution in [0.3, 0.4) is 0 Å². The molecule has 34 heavy (non-hydrogen) atoms. The fourth-order valence-electron chi connectivity index (χ4n) is 3.45. The third-order valence-corrected chi connectivity index (χ3v) is 5.09. The third kappa shape index (κ3) is 5.07. The summed E-state index contributed by atoms with van der Waals surface area (Å²) >= 11 is 0. The molecular weight excluding hydrogens is 436 g/mol. The molecule has 0 saturated heterocycles. The molecule has 0 aliphatic heterocycles. The first-order valence-electron chi connectivity index (χ1n) is 10.3. The van der Waals surface area contributed by atoms with Crippen LogP contribution in [0.15, 0.2) is 59.5 Å². The zero-order valence-electron chi connectivity index (χ0n) is 19.4. The Morgan fingerprint density at radius 2 is 1.62 bits per heavy atom. The van der Waals surface area contributed by atoms with Crippen LogP contribution in [-0.4, -0.2) is 38.9 Å². The lowest BCUT2D eigenvalue weighted by Crippen LogP contribution is -2.15. The lowest BCUT2D eigenvalue weighted by Gasteiger charge is -2.14. The summed E-state index contributed by atoms with van der Waals surface area (Å²) in [4.78, 5) is 13.2. The Morgan fingerprint density at radius 3 is 2.12 bits per heavy atom. The standard InChI is InChI=1S/C26H26N2O6/c1-6-19-22(30-3)13-18(14-23(19)31-4)20-11-12-21(34-20)24(29)25(32-5)16-7-9-17(10-8-16)26(28)33-15(2)27/h6-14,25,27-28H,1H2,2-5H3. The molecule has 0 saturated carbocycles. The Hall–Kier alpha value is -4.17. The monoisotopic (exact) mass is 462 g/mol. The molecule has 3 rings (SSSR count). The van der Waals surface area contributed by atoms with Crippen molar-refractivity contribution in [2.75, 3.05) is 21.3 Å². The number of Topliss-reactive ketones (excluding diaryl/α,β-unsaturated/α-hetero) is 1. The molecule has 0 radical (unpaired) electrons. The number of carbonyl (C=O) groups excluding carboxylic acids is 1. The Kier molecular flexibility index (Phi) is 7.65. The van der Waals surface area contributed by atoms with Gasteiger partial charge in [-0.3, -0.25) is 15.6 Å². The number of hydrogen-bond acceptors (Lipinski definition) is 8. The molecule has 0 amide bonds. The third-order valence-electron chi connectivity index (χ3n) is 5.09. The summed E-state index contributed by atoms with van der Waals surface area (Å²) in [6, 6.07) is 13.5. The van der Waals surface area contributed by atoms with Gasteiger partial charge in [0.1, 0.15) is 23.4 Å². The van der Waals surface area contributed by atoms with E-state index >= 15 is 0 Å². The second-order valence-corrected chi connectivity index (χ2v) is 7.25. The molecule has 176 valence electrons. The van der Waals surface area contributed by atoms with Gasteiger partial charge in [0.05, 0.1) is 19.8 Å². The van der Waals surface area contributed by atoms with Gasteiger partial charge in [-0.15, -0.1) is 0 Å². The number of ether oxygens (including phenoxy) is 4. The normalized spacial score (nSPS) is 11.4. The largest absolute Gasteiger partial charge is 0.496 e. The number of hydrogen-bond donors (Lipinski definition) is 2. The van der Waals surface area contributed by atoms with Crippen LogP contribution in [0.4, 0.5) is 0 Å².